The maximum atomic E-state index is 5.88. The average Bonchev–Trinajstić information content (AvgIpc) is 2.87. The van der Waals surface area contributed by atoms with Crippen LogP contribution in [0, 0.1) is 0 Å². The molecule has 0 saturated carbocycles. The Morgan fingerprint density at radius 3 is 1.94 bits per heavy atom. The summed E-state index contributed by atoms with van der Waals surface area (Å²) in [4.78, 5) is 12.0. The topological polar surface area (TPSA) is 67.4 Å². The number of rotatable bonds is 7. The summed E-state index contributed by atoms with van der Waals surface area (Å²) in [5, 5.41) is 4.13. The van der Waals surface area contributed by atoms with Gasteiger partial charge < -0.3 is 10.7 Å². The summed E-state index contributed by atoms with van der Waals surface area (Å²) in [6.45, 7) is 6.23. The van der Waals surface area contributed by atoms with E-state index in [1.54, 1.807) is 0 Å². The minimum atomic E-state index is 0.632. The molecule has 0 fully saturated rings. The van der Waals surface area contributed by atoms with E-state index in [9.17, 15) is 0 Å². The standard InChI is InChI=1S/C27H27N5/c1-3-32(4-2)23-17-15-21(16-18-23)26(31-28)25-19-24(20-11-7-5-8-12-20)29-27(30-25)22-13-9-6-10-14-22/h5-19H,3-4,28H2,1-2H3/b31-26+. The fraction of sp³-hybridized carbons (Fsp3) is 0.148. The minimum Gasteiger partial charge on any atom is -0.372 e. The Morgan fingerprint density at radius 2 is 1.38 bits per heavy atom. The number of nitrogens with two attached hydrogens (primary N) is 1. The molecule has 2 N–H and O–H groups in total. The molecule has 32 heavy (non-hydrogen) atoms. The van der Waals surface area contributed by atoms with E-state index < -0.39 is 0 Å². The second kappa shape index (κ2) is 9.88. The molecule has 0 amide bonds. The molecule has 0 aliphatic carbocycles. The Labute approximate surface area is 189 Å². The van der Waals surface area contributed by atoms with Gasteiger partial charge in [-0.2, -0.15) is 5.10 Å². The Morgan fingerprint density at radius 1 is 0.781 bits per heavy atom. The van der Waals surface area contributed by atoms with Gasteiger partial charge in [-0.15, -0.1) is 0 Å². The highest BCUT2D eigenvalue weighted by molar-refractivity contribution is 6.12. The first-order chi connectivity index (χ1) is 15.7. The molecule has 4 rings (SSSR count). The predicted molar refractivity (Wildman–Crippen MR) is 133 cm³/mol. The van der Waals surface area contributed by atoms with Gasteiger partial charge in [0, 0.05) is 35.5 Å². The predicted octanol–water partition coefficient (Wildman–Crippen LogP) is 5.37. The molecule has 5 nitrogen and oxygen atoms in total. The van der Waals surface area contributed by atoms with E-state index >= 15 is 0 Å². The van der Waals surface area contributed by atoms with Crippen molar-refractivity contribution in [2.24, 2.45) is 10.9 Å². The van der Waals surface area contributed by atoms with Crippen LogP contribution in [0.25, 0.3) is 22.6 Å². The molecule has 3 aromatic carbocycles. The first-order valence-corrected chi connectivity index (χ1v) is 10.9. The molecular formula is C27H27N5. The molecule has 5 heteroatoms. The molecule has 0 radical (unpaired) electrons. The summed E-state index contributed by atoms with van der Waals surface area (Å²) in [6.07, 6.45) is 0. The van der Waals surface area contributed by atoms with Gasteiger partial charge in [0.2, 0.25) is 0 Å². The fourth-order valence-corrected chi connectivity index (χ4v) is 3.75. The molecule has 0 unspecified atom stereocenters. The number of hydrogen-bond donors (Lipinski definition) is 1. The van der Waals surface area contributed by atoms with Crippen molar-refractivity contribution in [1.29, 1.82) is 0 Å². The summed E-state index contributed by atoms with van der Waals surface area (Å²) in [5.74, 6) is 6.52. The summed E-state index contributed by atoms with van der Waals surface area (Å²) < 4.78 is 0. The van der Waals surface area contributed by atoms with E-state index in [-0.39, 0.29) is 0 Å². The quantitative estimate of drug-likeness (QED) is 0.248. The van der Waals surface area contributed by atoms with E-state index in [1.165, 1.54) is 5.69 Å². The lowest BCUT2D eigenvalue weighted by Crippen LogP contribution is -2.21. The van der Waals surface area contributed by atoms with Crippen LogP contribution in [0.15, 0.2) is 96.1 Å². The number of anilines is 1. The van der Waals surface area contributed by atoms with Crippen molar-refractivity contribution in [3.8, 4) is 22.6 Å². The van der Waals surface area contributed by atoms with Crippen LogP contribution < -0.4 is 10.7 Å². The van der Waals surface area contributed by atoms with Gasteiger partial charge >= 0.3 is 0 Å². The van der Waals surface area contributed by atoms with Crippen LogP contribution in [-0.4, -0.2) is 28.8 Å². The van der Waals surface area contributed by atoms with Gasteiger partial charge in [0.15, 0.2) is 5.82 Å². The molecule has 0 bridgehead atoms. The zero-order chi connectivity index (χ0) is 22.3. The third-order valence-corrected chi connectivity index (χ3v) is 5.47. The van der Waals surface area contributed by atoms with E-state index in [1.807, 2.05) is 78.9 Å². The second-order valence-electron chi connectivity index (χ2n) is 7.39. The fourth-order valence-electron chi connectivity index (χ4n) is 3.75. The van der Waals surface area contributed by atoms with Gasteiger partial charge in [-0.1, -0.05) is 72.8 Å². The van der Waals surface area contributed by atoms with Gasteiger partial charge in [0.1, 0.15) is 5.71 Å². The van der Waals surface area contributed by atoms with Gasteiger partial charge in [0.05, 0.1) is 11.4 Å². The number of hydrazone groups is 1. The Balaban J connectivity index is 1.80. The van der Waals surface area contributed by atoms with Crippen molar-refractivity contribution in [1.82, 2.24) is 9.97 Å². The van der Waals surface area contributed by atoms with Crippen molar-refractivity contribution in [2.75, 3.05) is 18.0 Å². The van der Waals surface area contributed by atoms with E-state index in [0.29, 0.717) is 17.2 Å². The molecule has 0 saturated heterocycles. The first kappa shape index (κ1) is 21.2. The minimum absolute atomic E-state index is 0.632. The highest BCUT2D eigenvalue weighted by Gasteiger charge is 2.15. The number of hydrogen-bond acceptors (Lipinski definition) is 5. The van der Waals surface area contributed by atoms with Gasteiger partial charge in [0.25, 0.3) is 0 Å². The Hall–Kier alpha value is -3.99. The van der Waals surface area contributed by atoms with Crippen molar-refractivity contribution >= 4 is 11.4 Å². The number of nitrogens with zero attached hydrogens (tertiary/aromatic N) is 4. The molecule has 0 aliphatic heterocycles. The van der Waals surface area contributed by atoms with Crippen LogP contribution in [0.3, 0.4) is 0 Å². The van der Waals surface area contributed by atoms with Crippen LogP contribution in [0.1, 0.15) is 25.1 Å². The van der Waals surface area contributed by atoms with Crippen molar-refractivity contribution < 1.29 is 0 Å². The normalized spacial score (nSPS) is 11.4. The molecule has 160 valence electrons. The highest BCUT2D eigenvalue weighted by atomic mass is 15.1. The molecule has 0 spiro atoms. The second-order valence-corrected chi connectivity index (χ2v) is 7.39. The molecule has 0 atom stereocenters. The zero-order valence-corrected chi connectivity index (χ0v) is 18.4. The molecule has 0 aliphatic rings. The SMILES string of the molecule is CCN(CC)c1ccc(/C(=N\N)c2cc(-c3ccccc3)nc(-c3ccccc3)n2)cc1. The lowest BCUT2D eigenvalue weighted by Gasteiger charge is -2.21. The van der Waals surface area contributed by atoms with E-state index in [2.05, 4.69) is 36.0 Å². The van der Waals surface area contributed by atoms with Crippen molar-refractivity contribution in [2.45, 2.75) is 13.8 Å². The highest BCUT2D eigenvalue weighted by Crippen LogP contribution is 2.24. The van der Waals surface area contributed by atoms with Crippen molar-refractivity contribution in [3.05, 3.63) is 102 Å². The smallest absolute Gasteiger partial charge is 0.160 e. The summed E-state index contributed by atoms with van der Waals surface area (Å²) >= 11 is 0. The van der Waals surface area contributed by atoms with Gasteiger partial charge in [-0.05, 0) is 32.0 Å². The largest absolute Gasteiger partial charge is 0.372 e. The molecule has 4 aromatic rings. The lowest BCUT2D eigenvalue weighted by molar-refractivity contribution is 0.866. The average molecular weight is 422 g/mol. The molecular weight excluding hydrogens is 394 g/mol. The van der Waals surface area contributed by atoms with E-state index in [4.69, 9.17) is 15.8 Å². The van der Waals surface area contributed by atoms with Gasteiger partial charge in [-0.3, -0.25) is 0 Å². The Kier molecular flexibility index (Phi) is 6.56. The summed E-state index contributed by atoms with van der Waals surface area (Å²) in [6, 6.07) is 30.3. The van der Waals surface area contributed by atoms with Gasteiger partial charge in [-0.25, -0.2) is 9.97 Å². The zero-order valence-electron chi connectivity index (χ0n) is 18.4. The maximum absolute atomic E-state index is 5.88. The third-order valence-electron chi connectivity index (χ3n) is 5.47. The summed E-state index contributed by atoms with van der Waals surface area (Å²) in [7, 11) is 0. The van der Waals surface area contributed by atoms with Crippen LogP contribution in [0.2, 0.25) is 0 Å². The first-order valence-electron chi connectivity index (χ1n) is 10.9. The van der Waals surface area contributed by atoms with Crippen LogP contribution in [0.5, 0.6) is 0 Å². The van der Waals surface area contributed by atoms with E-state index in [0.717, 1.165) is 35.5 Å². The molecule has 1 aromatic heterocycles. The molecule has 1 heterocycles. The third kappa shape index (κ3) is 4.52. The monoisotopic (exact) mass is 421 g/mol. The van der Waals surface area contributed by atoms with Crippen LogP contribution in [0.4, 0.5) is 5.69 Å². The Bertz CT molecular complexity index is 1120. The maximum Gasteiger partial charge on any atom is 0.160 e. The number of aromatic nitrogens is 2. The number of benzene rings is 3. The summed E-state index contributed by atoms with van der Waals surface area (Å²) in [5.41, 5.74) is 6.20. The van der Waals surface area contributed by atoms with Crippen LogP contribution >= 0.6 is 0 Å². The van der Waals surface area contributed by atoms with Crippen molar-refractivity contribution in [3.63, 3.8) is 0 Å². The van der Waals surface area contributed by atoms with Crippen LogP contribution in [-0.2, 0) is 0 Å². The lowest BCUT2D eigenvalue weighted by atomic mass is 10.0.